The summed E-state index contributed by atoms with van der Waals surface area (Å²) in [4.78, 5) is 78.4. The maximum absolute atomic E-state index is 12.9. The van der Waals surface area contributed by atoms with E-state index >= 15 is 0 Å². The molecule has 2 aliphatic heterocycles. The molecule has 2 aliphatic rings. The molecule has 2 fully saturated rings. The third-order valence-corrected chi connectivity index (χ3v) is 7.29. The van der Waals surface area contributed by atoms with Gasteiger partial charge in [-0.3, -0.25) is 33.8 Å². The summed E-state index contributed by atoms with van der Waals surface area (Å²) in [5.41, 5.74) is 0. The fraction of sp³-hybridized carbons (Fsp3) is 0.750. The first-order valence-electron chi connectivity index (χ1n) is 11.9. The first-order valence-corrected chi connectivity index (χ1v) is 11.9. The van der Waals surface area contributed by atoms with Crippen LogP contribution in [0.1, 0.15) is 60.8 Å². The molecular formula is C24H37N3O6. The molecule has 9 heteroatoms. The minimum absolute atomic E-state index is 0.00216. The summed E-state index contributed by atoms with van der Waals surface area (Å²) in [6, 6.07) is 0. The molecule has 0 bridgehead atoms. The molecule has 0 saturated carbocycles. The van der Waals surface area contributed by atoms with Crippen LogP contribution in [0.15, 0.2) is 0 Å². The molecule has 0 aliphatic carbocycles. The van der Waals surface area contributed by atoms with Crippen LogP contribution < -0.4 is 0 Å². The highest BCUT2D eigenvalue weighted by Crippen LogP contribution is 2.33. The molecule has 9 nitrogen and oxygen atoms in total. The van der Waals surface area contributed by atoms with Crippen LogP contribution in [-0.2, 0) is 28.8 Å². The van der Waals surface area contributed by atoms with E-state index in [0.717, 1.165) is 6.42 Å². The van der Waals surface area contributed by atoms with Crippen LogP contribution in [0.2, 0.25) is 0 Å². The second kappa shape index (κ2) is 11.0. The molecule has 0 aromatic rings. The van der Waals surface area contributed by atoms with Crippen LogP contribution in [0.5, 0.6) is 0 Å². The monoisotopic (exact) mass is 463 g/mol. The number of hydrogen-bond acceptors (Lipinski definition) is 6. The van der Waals surface area contributed by atoms with E-state index in [0.29, 0.717) is 0 Å². The molecule has 2 heterocycles. The molecule has 0 N–H and O–H groups in total. The van der Waals surface area contributed by atoms with Crippen molar-refractivity contribution in [3.8, 4) is 0 Å². The summed E-state index contributed by atoms with van der Waals surface area (Å²) < 4.78 is 0. The summed E-state index contributed by atoms with van der Waals surface area (Å²) in [6.45, 7) is 10.8. The van der Waals surface area contributed by atoms with Gasteiger partial charge in [-0.1, -0.05) is 41.0 Å². The summed E-state index contributed by atoms with van der Waals surface area (Å²) in [6.07, 6.45) is 0.865. The molecule has 5 atom stereocenters. The predicted octanol–water partition coefficient (Wildman–Crippen LogP) is 1.49. The molecule has 0 aromatic carbocycles. The second-order valence-electron chi connectivity index (χ2n) is 9.52. The Bertz CT molecular complexity index is 805. The smallest absolute Gasteiger partial charge is 0.233 e. The van der Waals surface area contributed by atoms with Gasteiger partial charge in [0.1, 0.15) is 5.78 Å². The Kier molecular flexibility index (Phi) is 8.91. The van der Waals surface area contributed by atoms with E-state index < -0.39 is 17.8 Å². The SMILES string of the molecule is CCC(C)C1C(=O)N(CCN(CCN2C(=O)C(C)C(C)C2=O)C(=O)CCC(C)=O)C(=O)C1C. The lowest BCUT2D eigenvalue weighted by atomic mass is 9.84. The minimum atomic E-state index is -0.405. The van der Waals surface area contributed by atoms with Crippen molar-refractivity contribution >= 4 is 35.3 Å². The van der Waals surface area contributed by atoms with Crippen molar-refractivity contribution in [3.05, 3.63) is 0 Å². The van der Waals surface area contributed by atoms with Gasteiger partial charge in [0.25, 0.3) is 0 Å². The molecular weight excluding hydrogens is 426 g/mol. The lowest BCUT2D eigenvalue weighted by Gasteiger charge is -2.27. The van der Waals surface area contributed by atoms with Crippen LogP contribution in [0.4, 0.5) is 0 Å². The zero-order valence-electron chi connectivity index (χ0n) is 20.6. The van der Waals surface area contributed by atoms with Gasteiger partial charge in [-0.05, 0) is 12.8 Å². The van der Waals surface area contributed by atoms with Gasteiger partial charge in [0, 0.05) is 56.8 Å². The summed E-state index contributed by atoms with van der Waals surface area (Å²) in [5.74, 6) is -2.93. The zero-order valence-corrected chi connectivity index (χ0v) is 20.6. The van der Waals surface area contributed by atoms with Gasteiger partial charge in [0.05, 0.1) is 5.92 Å². The molecule has 5 unspecified atom stereocenters. The Hall–Kier alpha value is -2.58. The van der Waals surface area contributed by atoms with Gasteiger partial charge in [0.2, 0.25) is 29.5 Å². The normalized spacial score (nSPS) is 26.4. The molecule has 0 aromatic heterocycles. The molecule has 2 saturated heterocycles. The van der Waals surface area contributed by atoms with Crippen molar-refractivity contribution in [2.75, 3.05) is 26.2 Å². The van der Waals surface area contributed by atoms with Crippen LogP contribution in [0, 0.1) is 29.6 Å². The second-order valence-corrected chi connectivity index (χ2v) is 9.52. The quantitative estimate of drug-likeness (QED) is 0.429. The molecule has 2 rings (SSSR count). The van der Waals surface area contributed by atoms with E-state index in [-0.39, 0.29) is 86.2 Å². The third kappa shape index (κ3) is 5.68. The van der Waals surface area contributed by atoms with Gasteiger partial charge < -0.3 is 9.69 Å². The molecule has 33 heavy (non-hydrogen) atoms. The van der Waals surface area contributed by atoms with Crippen LogP contribution in [0.3, 0.4) is 0 Å². The Labute approximate surface area is 195 Å². The van der Waals surface area contributed by atoms with Gasteiger partial charge in [-0.2, -0.15) is 0 Å². The highest BCUT2D eigenvalue weighted by atomic mass is 16.2. The van der Waals surface area contributed by atoms with E-state index in [1.807, 2.05) is 13.8 Å². The highest BCUT2D eigenvalue weighted by Gasteiger charge is 2.47. The molecule has 0 spiro atoms. The maximum atomic E-state index is 12.9. The van der Waals surface area contributed by atoms with E-state index in [2.05, 4.69) is 0 Å². The number of carbonyl (C=O) groups excluding carboxylic acids is 6. The lowest BCUT2D eigenvalue weighted by Crippen LogP contribution is -2.45. The first-order chi connectivity index (χ1) is 15.4. The maximum Gasteiger partial charge on any atom is 0.233 e. The lowest BCUT2D eigenvalue weighted by molar-refractivity contribution is -0.142. The number of imide groups is 2. The number of nitrogens with zero attached hydrogens (tertiary/aromatic N) is 3. The van der Waals surface area contributed by atoms with Gasteiger partial charge in [0.15, 0.2) is 0 Å². The van der Waals surface area contributed by atoms with Gasteiger partial charge >= 0.3 is 0 Å². The fourth-order valence-corrected chi connectivity index (χ4v) is 4.60. The van der Waals surface area contributed by atoms with Crippen molar-refractivity contribution in [1.29, 1.82) is 0 Å². The molecule has 184 valence electrons. The average Bonchev–Trinajstić information content (AvgIpc) is 3.10. The Morgan fingerprint density at radius 2 is 1.27 bits per heavy atom. The highest BCUT2D eigenvalue weighted by molar-refractivity contribution is 6.05. The van der Waals surface area contributed by atoms with Crippen LogP contribution in [0.25, 0.3) is 0 Å². The van der Waals surface area contributed by atoms with Crippen molar-refractivity contribution in [2.45, 2.75) is 60.8 Å². The average molecular weight is 464 g/mol. The number of ketones is 1. The number of hydrogen-bond donors (Lipinski definition) is 0. The first kappa shape index (κ1) is 26.7. The van der Waals surface area contributed by atoms with Gasteiger partial charge in [-0.15, -0.1) is 0 Å². The van der Waals surface area contributed by atoms with Crippen LogP contribution in [-0.4, -0.2) is 76.2 Å². The number of Topliss-reactive ketones (excluding diaryl/α,β-unsaturated/α-hetero) is 1. The Balaban J connectivity index is 2.10. The molecule has 5 amide bonds. The topological polar surface area (TPSA) is 112 Å². The van der Waals surface area contributed by atoms with E-state index in [1.54, 1.807) is 20.8 Å². The number of likely N-dealkylation sites (tertiary alicyclic amines) is 2. The Morgan fingerprint density at radius 1 is 0.818 bits per heavy atom. The van der Waals surface area contributed by atoms with Crippen molar-refractivity contribution < 1.29 is 28.8 Å². The number of rotatable bonds is 11. The van der Waals surface area contributed by atoms with Crippen LogP contribution >= 0.6 is 0 Å². The predicted molar refractivity (Wildman–Crippen MR) is 120 cm³/mol. The summed E-state index contributed by atoms with van der Waals surface area (Å²) in [5, 5.41) is 0. The Morgan fingerprint density at radius 3 is 1.73 bits per heavy atom. The number of amides is 5. The fourth-order valence-electron chi connectivity index (χ4n) is 4.60. The van der Waals surface area contributed by atoms with Crippen molar-refractivity contribution in [1.82, 2.24) is 14.7 Å². The number of carbonyl (C=O) groups is 6. The minimum Gasteiger partial charge on any atom is -0.339 e. The molecule has 0 radical (unpaired) electrons. The largest absolute Gasteiger partial charge is 0.339 e. The third-order valence-electron chi connectivity index (χ3n) is 7.29. The van der Waals surface area contributed by atoms with Crippen molar-refractivity contribution in [2.24, 2.45) is 29.6 Å². The summed E-state index contributed by atoms with van der Waals surface area (Å²) in [7, 11) is 0. The van der Waals surface area contributed by atoms with E-state index in [9.17, 15) is 28.8 Å². The zero-order chi connectivity index (χ0) is 25.0. The van der Waals surface area contributed by atoms with E-state index in [1.165, 1.54) is 21.6 Å². The summed E-state index contributed by atoms with van der Waals surface area (Å²) >= 11 is 0. The van der Waals surface area contributed by atoms with Crippen molar-refractivity contribution in [3.63, 3.8) is 0 Å². The van der Waals surface area contributed by atoms with E-state index in [4.69, 9.17) is 0 Å². The van der Waals surface area contributed by atoms with Gasteiger partial charge in [-0.25, -0.2) is 0 Å². The standard InChI is InChI=1S/C24H37N3O6/c1-7-14(2)20-18(6)23(32)27(24(20)33)13-11-25(19(29)9-8-15(3)28)10-12-26-21(30)16(4)17(5)22(26)31/h14,16-18,20H,7-13H2,1-6H3.